The maximum atomic E-state index is 12.1. The van der Waals surface area contributed by atoms with Gasteiger partial charge in [-0.1, -0.05) is 23.2 Å². The Morgan fingerprint density at radius 3 is 2.33 bits per heavy atom. The molecule has 1 heterocycles. The summed E-state index contributed by atoms with van der Waals surface area (Å²) in [7, 11) is 1.26. The van der Waals surface area contributed by atoms with E-state index in [1.807, 2.05) is 0 Å². The van der Waals surface area contributed by atoms with E-state index in [4.69, 9.17) is 23.2 Å². The van der Waals surface area contributed by atoms with Gasteiger partial charge in [0.1, 0.15) is 16.9 Å². The van der Waals surface area contributed by atoms with Gasteiger partial charge in [0.15, 0.2) is 0 Å². The van der Waals surface area contributed by atoms with Crippen molar-refractivity contribution in [1.29, 1.82) is 0 Å². The maximum absolute atomic E-state index is 12.1. The summed E-state index contributed by atoms with van der Waals surface area (Å²) in [4.78, 5) is 28.3. The van der Waals surface area contributed by atoms with Crippen molar-refractivity contribution in [3.8, 4) is 0 Å². The van der Waals surface area contributed by atoms with Crippen molar-refractivity contribution in [1.82, 2.24) is 9.88 Å². The number of esters is 1. The first-order valence-corrected chi connectivity index (χ1v) is 5.92. The molecule has 0 radical (unpaired) electrons. The van der Waals surface area contributed by atoms with Crippen LogP contribution in [0.15, 0.2) is 12.1 Å². The van der Waals surface area contributed by atoms with Crippen molar-refractivity contribution in [2.24, 2.45) is 0 Å². The number of carbonyl (C=O) groups excluding carboxylic acids is 2. The summed E-state index contributed by atoms with van der Waals surface area (Å²) in [6.07, 6.45) is 0. The van der Waals surface area contributed by atoms with Crippen LogP contribution in [0.5, 0.6) is 0 Å². The summed E-state index contributed by atoms with van der Waals surface area (Å²) in [6, 6.07) is 2.80. The zero-order valence-electron chi connectivity index (χ0n) is 9.94. The summed E-state index contributed by atoms with van der Waals surface area (Å²) in [6.45, 7) is 2.00. The lowest BCUT2D eigenvalue weighted by atomic mass is 10.2. The van der Waals surface area contributed by atoms with Gasteiger partial charge in [0.2, 0.25) is 0 Å². The molecule has 0 saturated carbocycles. The quantitative estimate of drug-likeness (QED) is 0.629. The summed E-state index contributed by atoms with van der Waals surface area (Å²) in [5.74, 6) is -0.842. The highest BCUT2D eigenvalue weighted by Gasteiger charge is 2.18. The second-order valence-corrected chi connectivity index (χ2v) is 4.17. The number of ether oxygens (including phenoxy) is 1. The molecule has 5 nitrogen and oxygen atoms in total. The molecule has 0 N–H and O–H groups in total. The fourth-order valence-electron chi connectivity index (χ4n) is 1.32. The van der Waals surface area contributed by atoms with Gasteiger partial charge >= 0.3 is 5.97 Å². The average molecular weight is 291 g/mol. The molecular formula is C11H12Cl2N2O3. The third kappa shape index (κ3) is 3.85. The molecule has 1 aromatic rings. The van der Waals surface area contributed by atoms with Crippen LogP contribution in [-0.2, 0) is 9.53 Å². The number of hydrogen-bond acceptors (Lipinski definition) is 4. The minimum absolute atomic E-state index is 0.122. The van der Waals surface area contributed by atoms with E-state index in [0.717, 1.165) is 0 Å². The van der Waals surface area contributed by atoms with E-state index >= 15 is 0 Å². The average Bonchev–Trinajstić information content (AvgIpc) is 2.33. The van der Waals surface area contributed by atoms with E-state index in [0.29, 0.717) is 6.54 Å². The predicted molar refractivity (Wildman–Crippen MR) is 67.9 cm³/mol. The van der Waals surface area contributed by atoms with Gasteiger partial charge in [0.25, 0.3) is 5.91 Å². The first kappa shape index (κ1) is 14.7. The second kappa shape index (κ2) is 6.56. The van der Waals surface area contributed by atoms with Crippen LogP contribution >= 0.6 is 23.2 Å². The Labute approximate surface area is 115 Å². The van der Waals surface area contributed by atoms with E-state index in [-0.39, 0.29) is 28.3 Å². The molecule has 18 heavy (non-hydrogen) atoms. The molecule has 1 aromatic heterocycles. The van der Waals surface area contributed by atoms with Crippen LogP contribution in [0.4, 0.5) is 0 Å². The van der Waals surface area contributed by atoms with E-state index in [1.54, 1.807) is 6.92 Å². The first-order valence-electron chi connectivity index (χ1n) is 5.17. The highest BCUT2D eigenvalue weighted by atomic mass is 35.5. The largest absolute Gasteiger partial charge is 0.468 e. The summed E-state index contributed by atoms with van der Waals surface area (Å²) in [5, 5.41) is 0.250. The highest BCUT2D eigenvalue weighted by Crippen LogP contribution is 2.16. The van der Waals surface area contributed by atoms with Gasteiger partial charge < -0.3 is 9.64 Å². The number of methoxy groups -OCH3 is 1. The number of aromatic nitrogens is 1. The van der Waals surface area contributed by atoms with Crippen molar-refractivity contribution in [3.63, 3.8) is 0 Å². The maximum Gasteiger partial charge on any atom is 0.325 e. The molecule has 0 unspecified atom stereocenters. The Kier molecular flexibility index (Phi) is 5.37. The minimum atomic E-state index is -0.489. The number of nitrogens with zero attached hydrogens (tertiary/aromatic N) is 2. The summed E-state index contributed by atoms with van der Waals surface area (Å²) < 4.78 is 4.52. The fraction of sp³-hybridized carbons (Fsp3) is 0.364. The number of rotatable bonds is 4. The first-order chi connectivity index (χ1) is 8.47. The van der Waals surface area contributed by atoms with Crippen molar-refractivity contribution in [3.05, 3.63) is 28.0 Å². The minimum Gasteiger partial charge on any atom is -0.468 e. The fourth-order valence-corrected chi connectivity index (χ4v) is 1.78. The molecule has 7 heteroatoms. The Morgan fingerprint density at radius 1 is 1.33 bits per heavy atom. The Morgan fingerprint density at radius 2 is 1.89 bits per heavy atom. The second-order valence-electron chi connectivity index (χ2n) is 3.40. The normalized spacial score (nSPS) is 10.0. The van der Waals surface area contributed by atoms with Gasteiger partial charge in [0, 0.05) is 12.1 Å². The molecule has 0 atom stereocenters. The summed E-state index contributed by atoms with van der Waals surface area (Å²) >= 11 is 11.4. The van der Waals surface area contributed by atoms with Gasteiger partial charge in [0.05, 0.1) is 7.11 Å². The zero-order valence-corrected chi connectivity index (χ0v) is 11.5. The van der Waals surface area contributed by atoms with Gasteiger partial charge in [-0.2, -0.15) is 0 Å². The lowest BCUT2D eigenvalue weighted by Gasteiger charge is -2.19. The molecule has 0 spiro atoms. The van der Waals surface area contributed by atoms with Crippen LogP contribution in [-0.4, -0.2) is 42.0 Å². The number of amides is 1. The molecule has 0 aliphatic rings. The Bertz CT molecular complexity index is 445. The predicted octanol–water partition coefficient (Wildman–Crippen LogP) is 2.02. The molecule has 0 aliphatic carbocycles. The smallest absolute Gasteiger partial charge is 0.325 e. The molecular weight excluding hydrogens is 279 g/mol. The van der Waals surface area contributed by atoms with Gasteiger partial charge in [-0.05, 0) is 19.1 Å². The number of hydrogen-bond donors (Lipinski definition) is 0. The van der Waals surface area contributed by atoms with E-state index < -0.39 is 5.97 Å². The van der Waals surface area contributed by atoms with Crippen LogP contribution in [0, 0.1) is 0 Å². The molecule has 1 rings (SSSR count). The number of halogens is 2. The zero-order chi connectivity index (χ0) is 13.7. The van der Waals surface area contributed by atoms with Crippen LogP contribution in [0.25, 0.3) is 0 Å². The van der Waals surface area contributed by atoms with Crippen LogP contribution in [0.2, 0.25) is 10.3 Å². The number of pyridine rings is 1. The molecule has 0 aromatic carbocycles. The van der Waals surface area contributed by atoms with Crippen molar-refractivity contribution < 1.29 is 14.3 Å². The van der Waals surface area contributed by atoms with Crippen LogP contribution in [0.1, 0.15) is 17.3 Å². The molecule has 0 aliphatic heterocycles. The molecule has 0 saturated heterocycles. The lowest BCUT2D eigenvalue weighted by Crippen LogP contribution is -2.36. The standard InChI is InChI=1S/C11H12Cl2N2O3/c1-3-15(6-10(16)18-2)11(17)7-4-8(12)14-9(13)5-7/h4-5H,3,6H2,1-2H3. The van der Waals surface area contributed by atoms with E-state index in [9.17, 15) is 9.59 Å². The lowest BCUT2D eigenvalue weighted by molar-refractivity contribution is -0.141. The van der Waals surface area contributed by atoms with Gasteiger partial charge in [-0.3, -0.25) is 9.59 Å². The van der Waals surface area contributed by atoms with E-state index in [1.165, 1.54) is 24.1 Å². The number of likely N-dealkylation sites (N-methyl/N-ethyl adjacent to an activating group) is 1. The Hall–Kier alpha value is -1.33. The number of carbonyl (C=O) groups is 2. The van der Waals surface area contributed by atoms with Gasteiger partial charge in [-0.25, -0.2) is 4.98 Å². The molecule has 0 bridgehead atoms. The molecule has 1 amide bonds. The topological polar surface area (TPSA) is 59.5 Å². The van der Waals surface area contributed by atoms with Crippen molar-refractivity contribution >= 4 is 35.1 Å². The summed E-state index contributed by atoms with van der Waals surface area (Å²) in [5.41, 5.74) is 0.283. The molecule has 0 fully saturated rings. The van der Waals surface area contributed by atoms with Crippen LogP contribution in [0.3, 0.4) is 0 Å². The third-order valence-electron chi connectivity index (χ3n) is 2.23. The van der Waals surface area contributed by atoms with E-state index in [2.05, 4.69) is 9.72 Å². The van der Waals surface area contributed by atoms with Crippen molar-refractivity contribution in [2.45, 2.75) is 6.92 Å². The van der Waals surface area contributed by atoms with Gasteiger partial charge in [-0.15, -0.1) is 0 Å². The van der Waals surface area contributed by atoms with Crippen molar-refractivity contribution in [2.75, 3.05) is 20.2 Å². The Balaban J connectivity index is 2.92. The third-order valence-corrected chi connectivity index (χ3v) is 2.61. The molecule has 98 valence electrons. The highest BCUT2D eigenvalue weighted by molar-refractivity contribution is 6.33. The monoisotopic (exact) mass is 290 g/mol. The van der Waals surface area contributed by atoms with Crippen LogP contribution < -0.4 is 0 Å². The SMILES string of the molecule is CCN(CC(=O)OC)C(=O)c1cc(Cl)nc(Cl)c1.